The fraction of sp³-hybridized carbons (Fsp3) is 0.538. The van der Waals surface area contributed by atoms with Crippen LogP contribution in [0.2, 0.25) is 0 Å². The molecule has 1 aromatic carbocycles. The lowest BCUT2D eigenvalue weighted by molar-refractivity contribution is -0.901. The molecule has 1 aliphatic rings. The number of quaternary nitrogens is 2. The fourth-order valence-electron chi connectivity index (χ4n) is 2.32. The fourth-order valence-corrected chi connectivity index (χ4v) is 2.58. The highest BCUT2D eigenvalue weighted by Crippen LogP contribution is 2.09. The number of rotatable bonds is 5. The summed E-state index contributed by atoms with van der Waals surface area (Å²) in [5.74, 6) is 0. The molecule has 0 bridgehead atoms. The molecule has 0 unspecified atom stereocenters. The molecule has 0 spiro atoms. The van der Waals surface area contributed by atoms with E-state index in [1.165, 1.54) is 44.6 Å². The Labute approximate surface area is 106 Å². The number of halogens is 1. The Balaban J connectivity index is 1.62. The first kappa shape index (κ1) is 12.1. The van der Waals surface area contributed by atoms with Gasteiger partial charge < -0.3 is 10.2 Å². The predicted octanol–water partition coefficient (Wildman–Crippen LogP) is 0.191. The molecule has 2 nitrogen and oxygen atoms in total. The van der Waals surface area contributed by atoms with Gasteiger partial charge in [0.05, 0.1) is 13.1 Å². The topological polar surface area (TPSA) is 21.1 Å². The SMILES string of the molecule is Brc1ccc(C[NH2+]CC[NH+]2CCCC2)cc1. The Morgan fingerprint density at radius 3 is 2.50 bits per heavy atom. The van der Waals surface area contributed by atoms with Crippen molar-refractivity contribution in [2.45, 2.75) is 19.4 Å². The molecule has 1 fully saturated rings. The zero-order valence-corrected chi connectivity index (χ0v) is 11.3. The molecule has 0 atom stereocenters. The summed E-state index contributed by atoms with van der Waals surface area (Å²) in [5.41, 5.74) is 1.42. The van der Waals surface area contributed by atoms with Crippen molar-refractivity contribution in [1.82, 2.24) is 0 Å². The van der Waals surface area contributed by atoms with E-state index >= 15 is 0 Å². The molecule has 3 N–H and O–H groups in total. The minimum Gasteiger partial charge on any atom is -0.338 e. The van der Waals surface area contributed by atoms with Crippen molar-refractivity contribution in [1.29, 1.82) is 0 Å². The lowest BCUT2D eigenvalue weighted by Crippen LogP contribution is -3.12. The smallest absolute Gasteiger partial charge is 0.127 e. The van der Waals surface area contributed by atoms with Gasteiger partial charge in [-0.25, -0.2) is 0 Å². The first-order valence-corrected chi connectivity index (χ1v) is 7.03. The second-order valence-corrected chi connectivity index (χ2v) is 5.53. The van der Waals surface area contributed by atoms with Crippen molar-refractivity contribution in [2.75, 3.05) is 26.2 Å². The second kappa shape index (κ2) is 6.38. The number of nitrogens with one attached hydrogen (secondary N) is 1. The van der Waals surface area contributed by atoms with Gasteiger partial charge in [0.15, 0.2) is 0 Å². The molecule has 1 aliphatic heterocycles. The van der Waals surface area contributed by atoms with Crippen LogP contribution >= 0.6 is 15.9 Å². The normalized spacial score (nSPS) is 16.8. The summed E-state index contributed by atoms with van der Waals surface area (Å²) >= 11 is 3.46. The summed E-state index contributed by atoms with van der Waals surface area (Å²) in [4.78, 5) is 1.80. The maximum atomic E-state index is 3.46. The highest BCUT2D eigenvalue weighted by atomic mass is 79.9. The number of nitrogens with two attached hydrogens (primary N) is 1. The van der Waals surface area contributed by atoms with E-state index in [9.17, 15) is 0 Å². The number of likely N-dealkylation sites (tertiary alicyclic amines) is 1. The molecule has 1 heterocycles. The van der Waals surface area contributed by atoms with Gasteiger partial charge >= 0.3 is 0 Å². The Morgan fingerprint density at radius 2 is 1.81 bits per heavy atom. The summed E-state index contributed by atoms with van der Waals surface area (Å²) < 4.78 is 1.16. The van der Waals surface area contributed by atoms with Crippen LogP contribution in [0, 0.1) is 0 Å². The second-order valence-electron chi connectivity index (χ2n) is 4.62. The highest BCUT2D eigenvalue weighted by Gasteiger charge is 2.14. The van der Waals surface area contributed by atoms with Crippen molar-refractivity contribution in [3.05, 3.63) is 34.3 Å². The monoisotopic (exact) mass is 284 g/mol. The Morgan fingerprint density at radius 1 is 1.12 bits per heavy atom. The van der Waals surface area contributed by atoms with Gasteiger partial charge in [-0.15, -0.1) is 0 Å². The quantitative estimate of drug-likeness (QED) is 0.721. The lowest BCUT2D eigenvalue weighted by Gasteiger charge is -2.10. The summed E-state index contributed by atoms with van der Waals surface area (Å²) in [7, 11) is 0. The molecule has 0 saturated carbocycles. The lowest BCUT2D eigenvalue weighted by atomic mass is 10.2. The zero-order valence-electron chi connectivity index (χ0n) is 9.71. The standard InChI is InChI=1S/C13H19BrN2/c14-13-5-3-12(4-6-13)11-15-7-10-16-8-1-2-9-16/h3-6,15H,1-2,7-11H2/p+2. The van der Waals surface area contributed by atoms with Crippen LogP contribution in [0.25, 0.3) is 0 Å². The van der Waals surface area contributed by atoms with E-state index in [2.05, 4.69) is 45.5 Å². The molecular formula is C13H21BrN2+2. The Bertz CT molecular complexity index is 304. The maximum absolute atomic E-state index is 3.46. The van der Waals surface area contributed by atoms with E-state index in [0.29, 0.717) is 0 Å². The molecular weight excluding hydrogens is 264 g/mol. The predicted molar refractivity (Wildman–Crippen MR) is 69.4 cm³/mol. The number of hydrogen-bond donors (Lipinski definition) is 2. The van der Waals surface area contributed by atoms with Crippen molar-refractivity contribution in [2.24, 2.45) is 0 Å². The van der Waals surface area contributed by atoms with Gasteiger partial charge in [-0.3, -0.25) is 0 Å². The minimum atomic E-state index is 1.11. The maximum Gasteiger partial charge on any atom is 0.127 e. The van der Waals surface area contributed by atoms with Crippen LogP contribution in [0.4, 0.5) is 0 Å². The first-order valence-electron chi connectivity index (χ1n) is 6.24. The zero-order chi connectivity index (χ0) is 11.2. The summed E-state index contributed by atoms with van der Waals surface area (Å²) in [5, 5.41) is 2.43. The van der Waals surface area contributed by atoms with Gasteiger partial charge in [-0.2, -0.15) is 0 Å². The van der Waals surface area contributed by atoms with Crippen LogP contribution in [0.3, 0.4) is 0 Å². The van der Waals surface area contributed by atoms with E-state index in [1.807, 2.05) is 0 Å². The van der Waals surface area contributed by atoms with Crippen LogP contribution in [-0.4, -0.2) is 26.2 Å². The highest BCUT2D eigenvalue weighted by molar-refractivity contribution is 9.10. The van der Waals surface area contributed by atoms with E-state index < -0.39 is 0 Å². The summed E-state index contributed by atoms with van der Waals surface area (Å²) in [6, 6.07) is 8.64. The van der Waals surface area contributed by atoms with Gasteiger partial charge in [0.25, 0.3) is 0 Å². The summed E-state index contributed by atoms with van der Waals surface area (Å²) in [6.45, 7) is 6.49. The van der Waals surface area contributed by atoms with Crippen LogP contribution < -0.4 is 10.2 Å². The molecule has 0 aromatic heterocycles. The van der Waals surface area contributed by atoms with Gasteiger partial charge in [0, 0.05) is 22.9 Å². The van der Waals surface area contributed by atoms with Gasteiger partial charge in [-0.05, 0) is 12.1 Å². The van der Waals surface area contributed by atoms with Crippen LogP contribution in [0.15, 0.2) is 28.7 Å². The van der Waals surface area contributed by atoms with E-state index in [-0.39, 0.29) is 0 Å². The van der Waals surface area contributed by atoms with Gasteiger partial charge in [0.1, 0.15) is 19.6 Å². The van der Waals surface area contributed by atoms with Gasteiger partial charge in [-0.1, -0.05) is 28.1 Å². The van der Waals surface area contributed by atoms with Crippen molar-refractivity contribution < 1.29 is 10.2 Å². The van der Waals surface area contributed by atoms with Crippen molar-refractivity contribution >= 4 is 15.9 Å². The third-order valence-corrected chi connectivity index (χ3v) is 3.83. The van der Waals surface area contributed by atoms with Crippen molar-refractivity contribution in [3.8, 4) is 0 Å². The first-order chi connectivity index (χ1) is 7.84. The average molecular weight is 285 g/mol. The average Bonchev–Trinajstić information content (AvgIpc) is 2.80. The molecule has 1 saturated heterocycles. The van der Waals surface area contributed by atoms with E-state index in [0.717, 1.165) is 11.0 Å². The van der Waals surface area contributed by atoms with Crippen LogP contribution in [-0.2, 0) is 6.54 Å². The Hall–Kier alpha value is -0.380. The third kappa shape index (κ3) is 3.89. The number of benzene rings is 1. The minimum absolute atomic E-state index is 1.11. The van der Waals surface area contributed by atoms with Crippen LogP contribution in [0.1, 0.15) is 18.4 Å². The van der Waals surface area contributed by atoms with E-state index in [1.54, 1.807) is 4.90 Å². The molecule has 88 valence electrons. The largest absolute Gasteiger partial charge is 0.338 e. The molecule has 0 radical (unpaired) electrons. The van der Waals surface area contributed by atoms with Crippen LogP contribution in [0.5, 0.6) is 0 Å². The molecule has 1 aromatic rings. The molecule has 2 rings (SSSR count). The Kier molecular flexibility index (Phi) is 4.82. The van der Waals surface area contributed by atoms with Gasteiger partial charge in [0.2, 0.25) is 0 Å². The summed E-state index contributed by atoms with van der Waals surface area (Å²) in [6.07, 6.45) is 2.87. The van der Waals surface area contributed by atoms with E-state index in [4.69, 9.17) is 0 Å². The third-order valence-electron chi connectivity index (χ3n) is 3.31. The molecule has 16 heavy (non-hydrogen) atoms. The molecule has 0 aliphatic carbocycles. The molecule has 3 heteroatoms. The molecule has 0 amide bonds. The number of hydrogen-bond acceptors (Lipinski definition) is 0. The van der Waals surface area contributed by atoms with Crippen molar-refractivity contribution in [3.63, 3.8) is 0 Å².